The van der Waals surface area contributed by atoms with Gasteiger partial charge < -0.3 is 15.1 Å². The first-order valence-corrected chi connectivity index (χ1v) is 7.38. The Hall–Kier alpha value is -2.01. The maximum Gasteiger partial charge on any atom is 0.135 e. The predicted molar refractivity (Wildman–Crippen MR) is 87.4 cm³/mol. The summed E-state index contributed by atoms with van der Waals surface area (Å²) in [7, 11) is 6.16. The minimum atomic E-state index is 0.837. The van der Waals surface area contributed by atoms with Crippen molar-refractivity contribution in [3.8, 4) is 0 Å². The van der Waals surface area contributed by atoms with Gasteiger partial charge in [-0.2, -0.15) is 5.10 Å². The molecule has 0 unspecified atom stereocenters. The molecule has 0 saturated heterocycles. The number of benzene rings is 1. The fourth-order valence-corrected chi connectivity index (χ4v) is 3.14. The third kappa shape index (κ3) is 2.27. The van der Waals surface area contributed by atoms with Crippen LogP contribution in [0.2, 0.25) is 0 Å². The van der Waals surface area contributed by atoms with Gasteiger partial charge in [-0.25, -0.2) is 0 Å². The highest BCUT2D eigenvalue weighted by atomic mass is 15.4. The topological polar surface area (TPSA) is 36.3 Å². The van der Waals surface area contributed by atoms with Crippen molar-refractivity contribution in [2.24, 2.45) is 7.05 Å². The molecule has 0 saturated carbocycles. The fraction of sp³-hybridized carbons (Fsp3) is 0.438. The Balaban J connectivity index is 2.12. The lowest BCUT2D eigenvalue weighted by Gasteiger charge is -2.37. The van der Waals surface area contributed by atoms with Crippen molar-refractivity contribution in [3.63, 3.8) is 0 Å². The Morgan fingerprint density at radius 2 is 1.86 bits per heavy atom. The van der Waals surface area contributed by atoms with Gasteiger partial charge in [-0.15, -0.1) is 0 Å². The number of para-hydroxylation sites is 2. The predicted octanol–water partition coefficient (Wildman–Crippen LogP) is 2.04. The van der Waals surface area contributed by atoms with E-state index in [-0.39, 0.29) is 0 Å². The standard InChI is InChI=1S/C16H23N5/c1-12-13(11-17-2)16(20(4)18-12)21-10-9-19(3)14-7-5-6-8-15(14)21/h5-8,17H,9-11H2,1-4H3. The van der Waals surface area contributed by atoms with Crippen molar-refractivity contribution in [3.05, 3.63) is 35.5 Å². The quantitative estimate of drug-likeness (QED) is 0.936. The second kappa shape index (κ2) is 5.41. The molecule has 1 aromatic carbocycles. The number of fused-ring (bicyclic) bond motifs is 1. The Bertz CT molecular complexity index is 646. The van der Waals surface area contributed by atoms with E-state index in [0.717, 1.165) is 25.3 Å². The lowest BCUT2D eigenvalue weighted by Crippen LogP contribution is -2.37. The third-order valence-electron chi connectivity index (χ3n) is 4.17. The normalized spacial score (nSPS) is 14.5. The van der Waals surface area contributed by atoms with Crippen LogP contribution in [0.15, 0.2) is 24.3 Å². The van der Waals surface area contributed by atoms with Gasteiger partial charge in [0.15, 0.2) is 0 Å². The van der Waals surface area contributed by atoms with Crippen molar-refractivity contribution in [2.75, 3.05) is 37.0 Å². The van der Waals surface area contributed by atoms with Crippen molar-refractivity contribution in [2.45, 2.75) is 13.5 Å². The summed E-state index contributed by atoms with van der Waals surface area (Å²) in [4.78, 5) is 4.70. The van der Waals surface area contributed by atoms with Crippen LogP contribution in [0, 0.1) is 6.92 Å². The molecule has 0 aliphatic carbocycles. The van der Waals surface area contributed by atoms with Gasteiger partial charge in [0.1, 0.15) is 5.82 Å². The van der Waals surface area contributed by atoms with Crippen LogP contribution in [0.25, 0.3) is 0 Å². The highest BCUT2D eigenvalue weighted by molar-refractivity contribution is 5.79. The number of aromatic nitrogens is 2. The monoisotopic (exact) mass is 285 g/mol. The Labute approximate surface area is 126 Å². The highest BCUT2D eigenvalue weighted by Gasteiger charge is 2.26. The van der Waals surface area contributed by atoms with Crippen molar-refractivity contribution < 1.29 is 0 Å². The molecule has 112 valence electrons. The van der Waals surface area contributed by atoms with Crippen LogP contribution < -0.4 is 15.1 Å². The van der Waals surface area contributed by atoms with Gasteiger partial charge in [0, 0.05) is 39.3 Å². The summed E-state index contributed by atoms with van der Waals surface area (Å²) in [5.41, 5.74) is 4.90. The van der Waals surface area contributed by atoms with Crippen molar-refractivity contribution >= 4 is 17.2 Å². The molecular formula is C16H23N5. The molecule has 1 aromatic heterocycles. The van der Waals surface area contributed by atoms with E-state index in [1.54, 1.807) is 0 Å². The van der Waals surface area contributed by atoms with Gasteiger partial charge in [-0.1, -0.05) is 12.1 Å². The van der Waals surface area contributed by atoms with Crippen molar-refractivity contribution in [1.29, 1.82) is 0 Å². The molecule has 1 aliphatic rings. The molecule has 1 N–H and O–H groups in total. The molecule has 2 aromatic rings. The largest absolute Gasteiger partial charge is 0.371 e. The first-order valence-electron chi connectivity index (χ1n) is 7.38. The maximum absolute atomic E-state index is 4.62. The fourth-order valence-electron chi connectivity index (χ4n) is 3.14. The molecule has 1 aliphatic heterocycles. The number of likely N-dealkylation sites (N-methyl/N-ethyl adjacent to an activating group) is 1. The number of anilines is 3. The Kier molecular flexibility index (Phi) is 3.59. The van der Waals surface area contributed by atoms with Crippen LogP contribution in [0.4, 0.5) is 17.2 Å². The molecule has 5 heteroatoms. The molecule has 0 radical (unpaired) electrons. The van der Waals surface area contributed by atoms with Crippen LogP contribution in [0.3, 0.4) is 0 Å². The average Bonchev–Trinajstić information content (AvgIpc) is 2.75. The van der Waals surface area contributed by atoms with Gasteiger partial charge >= 0.3 is 0 Å². The first-order chi connectivity index (χ1) is 10.1. The molecule has 3 rings (SSSR count). The van der Waals surface area contributed by atoms with E-state index in [9.17, 15) is 0 Å². The van der Waals surface area contributed by atoms with Gasteiger partial charge in [0.2, 0.25) is 0 Å². The van der Waals surface area contributed by atoms with E-state index in [1.807, 2.05) is 18.8 Å². The van der Waals surface area contributed by atoms with E-state index in [0.29, 0.717) is 0 Å². The number of hydrogen-bond donors (Lipinski definition) is 1. The molecule has 0 spiro atoms. The van der Waals surface area contributed by atoms with E-state index in [2.05, 4.69) is 58.5 Å². The number of nitrogens with zero attached hydrogens (tertiary/aromatic N) is 4. The second-order valence-corrected chi connectivity index (χ2v) is 5.60. The van der Waals surface area contributed by atoms with Crippen molar-refractivity contribution in [1.82, 2.24) is 15.1 Å². The summed E-state index contributed by atoms with van der Waals surface area (Å²) in [6, 6.07) is 8.58. The minimum absolute atomic E-state index is 0.837. The molecule has 21 heavy (non-hydrogen) atoms. The lowest BCUT2D eigenvalue weighted by atomic mass is 10.1. The SMILES string of the molecule is CNCc1c(C)nn(C)c1N1CCN(C)c2ccccc21. The van der Waals surface area contributed by atoms with Crippen LogP contribution >= 0.6 is 0 Å². The van der Waals surface area contributed by atoms with E-state index in [4.69, 9.17) is 0 Å². The maximum atomic E-state index is 4.62. The molecule has 0 amide bonds. The summed E-state index contributed by atoms with van der Waals surface area (Å²) in [5.74, 6) is 1.20. The third-order valence-corrected chi connectivity index (χ3v) is 4.17. The molecule has 2 heterocycles. The van der Waals surface area contributed by atoms with Crippen LogP contribution in [-0.2, 0) is 13.6 Å². The van der Waals surface area contributed by atoms with Gasteiger partial charge in [0.05, 0.1) is 17.1 Å². The number of rotatable bonds is 3. The zero-order valence-corrected chi connectivity index (χ0v) is 13.2. The summed E-state index contributed by atoms with van der Waals surface area (Å²) < 4.78 is 2.00. The van der Waals surface area contributed by atoms with Gasteiger partial charge in [-0.05, 0) is 26.1 Å². The Morgan fingerprint density at radius 3 is 2.57 bits per heavy atom. The van der Waals surface area contributed by atoms with Crippen LogP contribution in [-0.4, -0.2) is 37.0 Å². The zero-order chi connectivity index (χ0) is 15.0. The van der Waals surface area contributed by atoms with Gasteiger partial charge in [0.25, 0.3) is 0 Å². The summed E-state index contributed by atoms with van der Waals surface area (Å²) >= 11 is 0. The summed E-state index contributed by atoms with van der Waals surface area (Å²) in [5, 5.41) is 7.88. The lowest BCUT2D eigenvalue weighted by molar-refractivity contribution is 0.720. The van der Waals surface area contributed by atoms with Crippen LogP contribution in [0.5, 0.6) is 0 Å². The van der Waals surface area contributed by atoms with E-state index >= 15 is 0 Å². The number of hydrogen-bond acceptors (Lipinski definition) is 4. The average molecular weight is 285 g/mol. The smallest absolute Gasteiger partial charge is 0.135 e. The molecule has 0 atom stereocenters. The second-order valence-electron chi connectivity index (χ2n) is 5.60. The number of nitrogens with one attached hydrogen (secondary N) is 1. The number of aryl methyl sites for hydroxylation is 2. The summed E-state index contributed by atoms with van der Waals surface area (Å²) in [6.45, 7) is 4.91. The zero-order valence-electron chi connectivity index (χ0n) is 13.2. The minimum Gasteiger partial charge on any atom is -0.371 e. The van der Waals surface area contributed by atoms with Gasteiger partial charge in [-0.3, -0.25) is 4.68 Å². The molecular weight excluding hydrogens is 262 g/mol. The summed E-state index contributed by atoms with van der Waals surface area (Å²) in [6.07, 6.45) is 0. The van der Waals surface area contributed by atoms with E-state index < -0.39 is 0 Å². The van der Waals surface area contributed by atoms with Crippen LogP contribution in [0.1, 0.15) is 11.3 Å². The molecule has 0 fully saturated rings. The first kappa shape index (κ1) is 13.9. The Morgan fingerprint density at radius 1 is 1.14 bits per heavy atom. The molecule has 5 nitrogen and oxygen atoms in total. The highest BCUT2D eigenvalue weighted by Crippen LogP contribution is 2.38. The van der Waals surface area contributed by atoms with E-state index in [1.165, 1.54) is 22.8 Å². The molecule has 0 bridgehead atoms.